The highest BCUT2D eigenvalue weighted by Gasteiger charge is 2.30. The van der Waals surface area contributed by atoms with Crippen molar-refractivity contribution in [1.82, 2.24) is 10.7 Å². The maximum atomic E-state index is 12.8. The van der Waals surface area contributed by atoms with Crippen molar-refractivity contribution in [3.05, 3.63) is 95.6 Å². The summed E-state index contributed by atoms with van der Waals surface area (Å²) in [6, 6.07) is 19.3. The van der Waals surface area contributed by atoms with Crippen LogP contribution in [-0.4, -0.2) is 36.1 Å². The SMILES string of the molecule is CSCCC(NC(=O)c1ccc(C(F)(F)F)cc1)C(=O)N/N=C/c1ccc(Oc2ccccc2)cc1. The van der Waals surface area contributed by atoms with E-state index in [0.29, 0.717) is 29.2 Å². The molecule has 0 saturated carbocycles. The van der Waals surface area contributed by atoms with E-state index in [1.807, 2.05) is 36.6 Å². The topological polar surface area (TPSA) is 79.8 Å². The van der Waals surface area contributed by atoms with Crippen LogP contribution in [0.1, 0.15) is 27.9 Å². The molecule has 0 saturated heterocycles. The molecular weight excluding hydrogens is 491 g/mol. The van der Waals surface area contributed by atoms with Crippen LogP contribution in [0.5, 0.6) is 11.5 Å². The third-order valence-electron chi connectivity index (χ3n) is 4.95. The van der Waals surface area contributed by atoms with Crippen molar-refractivity contribution in [1.29, 1.82) is 0 Å². The van der Waals surface area contributed by atoms with Gasteiger partial charge in [0.1, 0.15) is 17.5 Å². The van der Waals surface area contributed by atoms with E-state index >= 15 is 0 Å². The minimum atomic E-state index is -4.50. The van der Waals surface area contributed by atoms with Gasteiger partial charge in [-0.15, -0.1) is 0 Å². The fourth-order valence-electron chi connectivity index (χ4n) is 3.05. The molecule has 3 aromatic carbocycles. The molecule has 6 nitrogen and oxygen atoms in total. The number of carbonyl (C=O) groups excluding carboxylic acids is 2. The van der Waals surface area contributed by atoms with Gasteiger partial charge in [-0.1, -0.05) is 18.2 Å². The number of para-hydroxylation sites is 1. The lowest BCUT2D eigenvalue weighted by molar-refractivity contribution is -0.137. The summed E-state index contributed by atoms with van der Waals surface area (Å²) in [5.74, 6) is 0.747. The van der Waals surface area contributed by atoms with Gasteiger partial charge in [0.05, 0.1) is 11.8 Å². The van der Waals surface area contributed by atoms with Gasteiger partial charge >= 0.3 is 6.18 Å². The Morgan fingerprint density at radius 3 is 2.22 bits per heavy atom. The van der Waals surface area contributed by atoms with Crippen molar-refractivity contribution < 1.29 is 27.5 Å². The van der Waals surface area contributed by atoms with E-state index in [0.717, 1.165) is 24.3 Å². The lowest BCUT2D eigenvalue weighted by atomic mass is 10.1. The van der Waals surface area contributed by atoms with Gasteiger partial charge in [-0.25, -0.2) is 5.43 Å². The smallest absolute Gasteiger partial charge is 0.416 e. The number of alkyl halides is 3. The Morgan fingerprint density at radius 2 is 1.61 bits per heavy atom. The maximum Gasteiger partial charge on any atom is 0.416 e. The van der Waals surface area contributed by atoms with Crippen LogP contribution in [0, 0.1) is 0 Å². The molecule has 0 aliphatic carbocycles. The van der Waals surface area contributed by atoms with E-state index in [9.17, 15) is 22.8 Å². The number of nitrogens with zero attached hydrogens (tertiary/aromatic N) is 1. The summed E-state index contributed by atoms with van der Waals surface area (Å²) < 4.78 is 44.0. The van der Waals surface area contributed by atoms with Crippen LogP contribution in [0.3, 0.4) is 0 Å². The summed E-state index contributed by atoms with van der Waals surface area (Å²) in [7, 11) is 0. The van der Waals surface area contributed by atoms with Crippen molar-refractivity contribution in [3.8, 4) is 11.5 Å². The standard InChI is InChI=1S/C26H24F3N3O3S/c1-36-16-15-23(31-24(33)19-9-11-20(12-10-19)26(27,28)29)25(34)32-30-17-18-7-13-22(14-8-18)35-21-5-3-2-4-6-21/h2-14,17,23H,15-16H2,1H3,(H,31,33)(H,32,34)/b30-17+. The number of benzene rings is 3. The number of hydrogen-bond donors (Lipinski definition) is 2. The number of hydrogen-bond acceptors (Lipinski definition) is 5. The van der Waals surface area contributed by atoms with E-state index in [4.69, 9.17) is 4.74 Å². The largest absolute Gasteiger partial charge is 0.457 e. The Bertz CT molecular complexity index is 1170. The van der Waals surface area contributed by atoms with Gasteiger partial charge in [-0.05, 0) is 84.7 Å². The van der Waals surface area contributed by atoms with Crippen LogP contribution in [-0.2, 0) is 11.0 Å². The molecule has 0 fully saturated rings. The average Bonchev–Trinajstić information content (AvgIpc) is 2.87. The molecule has 10 heteroatoms. The number of hydrazone groups is 1. The molecule has 0 aromatic heterocycles. The monoisotopic (exact) mass is 515 g/mol. The second-order valence-corrected chi connectivity index (χ2v) is 8.59. The second-order valence-electron chi connectivity index (χ2n) is 7.60. The van der Waals surface area contributed by atoms with Gasteiger partial charge in [0, 0.05) is 5.56 Å². The fraction of sp³-hybridized carbons (Fsp3) is 0.192. The van der Waals surface area contributed by atoms with Crippen molar-refractivity contribution in [3.63, 3.8) is 0 Å². The van der Waals surface area contributed by atoms with Crippen LogP contribution in [0.4, 0.5) is 13.2 Å². The number of ether oxygens (including phenoxy) is 1. The molecule has 0 heterocycles. The molecule has 2 amide bonds. The Labute approximate surface area is 210 Å². The summed E-state index contributed by atoms with van der Waals surface area (Å²) in [5.41, 5.74) is 2.28. The van der Waals surface area contributed by atoms with Crippen LogP contribution in [0.15, 0.2) is 84.0 Å². The molecule has 1 unspecified atom stereocenters. The Hall–Kier alpha value is -3.79. The normalized spacial score (nSPS) is 12.2. The van der Waals surface area contributed by atoms with Crippen molar-refractivity contribution >= 4 is 29.8 Å². The second kappa shape index (κ2) is 12.8. The zero-order chi connectivity index (χ0) is 26.0. The summed E-state index contributed by atoms with van der Waals surface area (Å²) in [6.07, 6.45) is -0.868. The highest BCUT2D eigenvalue weighted by molar-refractivity contribution is 7.98. The third kappa shape index (κ3) is 8.16. The third-order valence-corrected chi connectivity index (χ3v) is 5.60. The van der Waals surface area contributed by atoms with Gasteiger partial charge in [-0.3, -0.25) is 9.59 Å². The highest BCUT2D eigenvalue weighted by Crippen LogP contribution is 2.29. The number of thioether (sulfide) groups is 1. The first kappa shape index (κ1) is 26.8. The first-order chi connectivity index (χ1) is 17.3. The lowest BCUT2D eigenvalue weighted by Gasteiger charge is -2.17. The van der Waals surface area contributed by atoms with E-state index in [-0.39, 0.29) is 5.56 Å². The molecule has 0 radical (unpaired) electrons. The fourth-order valence-corrected chi connectivity index (χ4v) is 3.52. The number of rotatable bonds is 10. The van der Waals surface area contributed by atoms with Gasteiger partial charge in [0.15, 0.2) is 0 Å². The zero-order valence-corrected chi connectivity index (χ0v) is 20.1. The summed E-state index contributed by atoms with van der Waals surface area (Å²) in [4.78, 5) is 25.1. The summed E-state index contributed by atoms with van der Waals surface area (Å²) >= 11 is 1.49. The molecule has 0 aliphatic heterocycles. The predicted molar refractivity (Wildman–Crippen MR) is 134 cm³/mol. The van der Waals surface area contributed by atoms with Gasteiger partial charge in [0.2, 0.25) is 0 Å². The van der Waals surface area contributed by atoms with E-state index < -0.39 is 29.6 Å². The average molecular weight is 516 g/mol. The summed E-state index contributed by atoms with van der Waals surface area (Å²) in [6.45, 7) is 0. The highest BCUT2D eigenvalue weighted by atomic mass is 32.2. The maximum absolute atomic E-state index is 12.8. The minimum absolute atomic E-state index is 0.0197. The predicted octanol–water partition coefficient (Wildman–Crippen LogP) is 5.50. The van der Waals surface area contributed by atoms with Crippen LogP contribution >= 0.6 is 11.8 Å². The van der Waals surface area contributed by atoms with Crippen LogP contribution < -0.4 is 15.5 Å². The first-order valence-electron chi connectivity index (χ1n) is 10.9. The summed E-state index contributed by atoms with van der Waals surface area (Å²) in [5, 5.41) is 6.52. The number of nitrogens with one attached hydrogen (secondary N) is 2. The Balaban J connectivity index is 1.57. The number of halogens is 3. The van der Waals surface area contributed by atoms with Crippen LogP contribution in [0.2, 0.25) is 0 Å². The lowest BCUT2D eigenvalue weighted by Crippen LogP contribution is -2.45. The molecule has 0 bridgehead atoms. The first-order valence-corrected chi connectivity index (χ1v) is 12.3. The molecule has 188 valence electrons. The Kier molecular flexibility index (Phi) is 9.52. The van der Waals surface area contributed by atoms with Gasteiger partial charge in [0.25, 0.3) is 11.8 Å². The van der Waals surface area contributed by atoms with E-state index in [2.05, 4.69) is 15.8 Å². The molecule has 0 spiro atoms. The van der Waals surface area contributed by atoms with Crippen molar-refractivity contribution in [2.24, 2.45) is 5.10 Å². The van der Waals surface area contributed by atoms with Crippen molar-refractivity contribution in [2.45, 2.75) is 18.6 Å². The van der Waals surface area contributed by atoms with Crippen molar-refractivity contribution in [2.75, 3.05) is 12.0 Å². The number of carbonyl (C=O) groups is 2. The number of amides is 2. The van der Waals surface area contributed by atoms with Gasteiger partial charge < -0.3 is 10.1 Å². The quantitative estimate of drug-likeness (QED) is 0.276. The van der Waals surface area contributed by atoms with E-state index in [1.165, 1.54) is 18.0 Å². The van der Waals surface area contributed by atoms with Gasteiger partial charge in [-0.2, -0.15) is 30.0 Å². The molecule has 3 rings (SSSR count). The molecule has 3 aromatic rings. The Morgan fingerprint density at radius 1 is 0.972 bits per heavy atom. The van der Waals surface area contributed by atoms with Crippen LogP contribution in [0.25, 0.3) is 0 Å². The molecular formula is C26H24F3N3O3S. The molecule has 2 N–H and O–H groups in total. The minimum Gasteiger partial charge on any atom is -0.457 e. The molecule has 0 aliphatic rings. The molecule has 36 heavy (non-hydrogen) atoms. The van der Waals surface area contributed by atoms with E-state index in [1.54, 1.807) is 24.3 Å². The molecule has 1 atom stereocenters. The zero-order valence-electron chi connectivity index (χ0n) is 19.3.